The van der Waals surface area contributed by atoms with E-state index in [1.807, 2.05) is 26.8 Å². The summed E-state index contributed by atoms with van der Waals surface area (Å²) < 4.78 is 27.3. The van der Waals surface area contributed by atoms with E-state index in [0.29, 0.717) is 17.2 Å². The van der Waals surface area contributed by atoms with Gasteiger partial charge in [0.15, 0.2) is 17.3 Å². The van der Waals surface area contributed by atoms with Crippen LogP contribution in [0.3, 0.4) is 0 Å². The number of methoxy groups -OCH3 is 3. The van der Waals surface area contributed by atoms with Crippen molar-refractivity contribution in [2.24, 2.45) is 5.41 Å². The van der Waals surface area contributed by atoms with Crippen molar-refractivity contribution in [2.45, 2.75) is 58.7 Å². The summed E-state index contributed by atoms with van der Waals surface area (Å²) in [5.41, 5.74) is 1.36. The molecule has 1 aromatic rings. The maximum absolute atomic E-state index is 13.1. The van der Waals surface area contributed by atoms with Crippen molar-refractivity contribution in [3.63, 3.8) is 0 Å². The predicted molar refractivity (Wildman–Crippen MR) is 133 cm³/mol. The molecule has 1 fully saturated rings. The molecule has 0 N–H and O–H groups in total. The van der Waals surface area contributed by atoms with Crippen LogP contribution < -0.4 is 14.2 Å². The fraction of sp³-hybridized carbons (Fsp3) is 0.464. The smallest absolute Gasteiger partial charge is 0.338 e. The van der Waals surface area contributed by atoms with Crippen molar-refractivity contribution in [1.82, 2.24) is 0 Å². The molecule has 194 valence electrons. The van der Waals surface area contributed by atoms with E-state index >= 15 is 0 Å². The minimum atomic E-state index is -1.11. The normalized spacial score (nSPS) is 23.3. The molecule has 0 bridgehead atoms. The Bertz CT molecular complexity index is 1080. The van der Waals surface area contributed by atoms with Gasteiger partial charge in [0, 0.05) is 6.42 Å². The second-order valence-corrected chi connectivity index (χ2v) is 9.36. The fourth-order valence-corrected chi connectivity index (χ4v) is 4.57. The van der Waals surface area contributed by atoms with Gasteiger partial charge in [0.1, 0.15) is 12.2 Å². The molecule has 1 aliphatic heterocycles. The van der Waals surface area contributed by atoms with Crippen molar-refractivity contribution >= 4 is 17.7 Å². The van der Waals surface area contributed by atoms with Gasteiger partial charge in [0.25, 0.3) is 0 Å². The summed E-state index contributed by atoms with van der Waals surface area (Å²) in [6.07, 6.45) is 7.25. The van der Waals surface area contributed by atoms with Crippen LogP contribution in [0, 0.1) is 5.41 Å². The monoisotopic (exact) mass is 498 g/mol. The van der Waals surface area contributed by atoms with Gasteiger partial charge in [-0.05, 0) is 64.0 Å². The van der Waals surface area contributed by atoms with Gasteiger partial charge < -0.3 is 23.7 Å². The number of hydrogen-bond donors (Lipinski definition) is 0. The van der Waals surface area contributed by atoms with Crippen molar-refractivity contribution < 1.29 is 38.1 Å². The van der Waals surface area contributed by atoms with Crippen LogP contribution in [0.25, 0.3) is 0 Å². The molecular formula is C28H34O8. The van der Waals surface area contributed by atoms with Crippen LogP contribution in [0.5, 0.6) is 17.2 Å². The topological polar surface area (TPSA) is 97.4 Å². The molecule has 0 aromatic heterocycles. The van der Waals surface area contributed by atoms with E-state index in [9.17, 15) is 14.4 Å². The average Bonchev–Trinajstić information content (AvgIpc) is 3.14. The molecule has 1 heterocycles. The van der Waals surface area contributed by atoms with Crippen LogP contribution in [-0.4, -0.2) is 51.3 Å². The molecule has 1 aromatic carbocycles. The molecule has 36 heavy (non-hydrogen) atoms. The Hall–Kier alpha value is -3.55. The molecule has 0 amide bonds. The van der Waals surface area contributed by atoms with E-state index in [0.717, 1.165) is 18.4 Å². The second-order valence-electron chi connectivity index (χ2n) is 9.36. The lowest BCUT2D eigenvalue weighted by Crippen LogP contribution is -2.43. The number of allylic oxidation sites excluding steroid dienone is 4. The summed E-state index contributed by atoms with van der Waals surface area (Å²) in [6.45, 7) is 6.04. The van der Waals surface area contributed by atoms with E-state index in [4.69, 9.17) is 23.7 Å². The number of benzene rings is 1. The number of hydrogen-bond acceptors (Lipinski definition) is 8. The first-order valence-corrected chi connectivity index (χ1v) is 11.9. The van der Waals surface area contributed by atoms with E-state index < -0.39 is 29.6 Å². The molecule has 8 nitrogen and oxygen atoms in total. The molecule has 1 unspecified atom stereocenters. The molecule has 0 radical (unpaired) electrons. The second kappa shape index (κ2) is 11.5. The number of ketones is 1. The third-order valence-electron chi connectivity index (χ3n) is 6.47. The third-order valence-corrected chi connectivity index (χ3v) is 6.47. The number of rotatable bonds is 9. The Morgan fingerprint density at radius 2 is 1.75 bits per heavy atom. The quantitative estimate of drug-likeness (QED) is 0.355. The van der Waals surface area contributed by atoms with Crippen LogP contribution in [0.1, 0.15) is 56.8 Å². The van der Waals surface area contributed by atoms with Crippen LogP contribution in [0.4, 0.5) is 0 Å². The third kappa shape index (κ3) is 5.80. The zero-order chi connectivity index (χ0) is 26.5. The summed E-state index contributed by atoms with van der Waals surface area (Å²) >= 11 is 0. The van der Waals surface area contributed by atoms with Gasteiger partial charge in [-0.2, -0.15) is 0 Å². The summed E-state index contributed by atoms with van der Waals surface area (Å²) in [5, 5.41) is 0. The molecule has 1 spiro atoms. The van der Waals surface area contributed by atoms with E-state index in [-0.39, 0.29) is 24.2 Å². The average molecular weight is 499 g/mol. The van der Waals surface area contributed by atoms with Crippen molar-refractivity contribution in [1.29, 1.82) is 0 Å². The van der Waals surface area contributed by atoms with Gasteiger partial charge >= 0.3 is 11.9 Å². The summed E-state index contributed by atoms with van der Waals surface area (Å²) in [7, 11) is 4.39. The van der Waals surface area contributed by atoms with Gasteiger partial charge in [0.05, 0.1) is 38.7 Å². The fourth-order valence-electron chi connectivity index (χ4n) is 4.57. The molecule has 2 aliphatic rings. The van der Waals surface area contributed by atoms with Gasteiger partial charge in [-0.3, -0.25) is 9.59 Å². The highest BCUT2D eigenvalue weighted by atomic mass is 16.6. The van der Waals surface area contributed by atoms with Crippen molar-refractivity contribution in [3.8, 4) is 17.2 Å². The van der Waals surface area contributed by atoms with Crippen molar-refractivity contribution in [2.75, 3.05) is 21.3 Å². The first kappa shape index (κ1) is 27.0. The van der Waals surface area contributed by atoms with Gasteiger partial charge in [-0.25, -0.2) is 4.79 Å². The Balaban J connectivity index is 1.82. The number of esters is 2. The number of carbonyl (C=O) groups is 3. The van der Waals surface area contributed by atoms with Crippen LogP contribution in [0.2, 0.25) is 0 Å². The van der Waals surface area contributed by atoms with Crippen LogP contribution in [-0.2, 0) is 19.1 Å². The lowest BCUT2D eigenvalue weighted by Gasteiger charge is -2.34. The van der Waals surface area contributed by atoms with Crippen LogP contribution >= 0.6 is 0 Å². The highest BCUT2D eigenvalue weighted by Crippen LogP contribution is 2.45. The zero-order valence-electron chi connectivity index (χ0n) is 21.7. The van der Waals surface area contributed by atoms with E-state index in [1.54, 1.807) is 6.08 Å². The minimum absolute atomic E-state index is 0.0587. The van der Waals surface area contributed by atoms with Gasteiger partial charge in [-0.1, -0.05) is 17.2 Å². The number of carbonyl (C=O) groups excluding carboxylic acids is 3. The Kier molecular flexibility index (Phi) is 8.61. The molecule has 3 rings (SSSR count). The zero-order valence-corrected chi connectivity index (χ0v) is 21.7. The van der Waals surface area contributed by atoms with E-state index in [2.05, 4.69) is 6.08 Å². The lowest BCUT2D eigenvalue weighted by molar-refractivity contribution is -0.140. The predicted octanol–water partition coefficient (Wildman–Crippen LogP) is 4.76. The molecular weight excluding hydrogens is 464 g/mol. The number of ether oxygens (including phenoxy) is 5. The first-order valence-electron chi connectivity index (χ1n) is 11.9. The molecule has 8 heteroatoms. The highest BCUT2D eigenvalue weighted by Gasteiger charge is 2.55. The lowest BCUT2D eigenvalue weighted by atomic mass is 9.69. The standard InChI is InChI=1S/C28H34O8/c1-17(2)8-7-9-18(3)12-24-28(16-25(30)36-24)15-20(10-11-23(28)29)35-27(31)19-13-21(32-4)26(34-6)22(14-19)33-5/h8,10-14,20,24H,7,9,15-16H2,1-6H3/b18-12+/t20-,24-,28?/m1/s1. The summed E-state index contributed by atoms with van der Waals surface area (Å²) in [6, 6.07) is 3.00. The minimum Gasteiger partial charge on any atom is -0.493 e. The van der Waals surface area contributed by atoms with E-state index in [1.165, 1.54) is 45.1 Å². The van der Waals surface area contributed by atoms with Gasteiger partial charge in [0.2, 0.25) is 5.75 Å². The van der Waals surface area contributed by atoms with Crippen molar-refractivity contribution in [3.05, 3.63) is 53.1 Å². The highest BCUT2D eigenvalue weighted by molar-refractivity contribution is 6.00. The number of cyclic esters (lactones) is 1. The maximum Gasteiger partial charge on any atom is 0.338 e. The van der Waals surface area contributed by atoms with Crippen LogP contribution in [0.15, 0.2) is 47.6 Å². The maximum atomic E-state index is 13.1. The Morgan fingerprint density at radius 1 is 1.08 bits per heavy atom. The first-order chi connectivity index (χ1) is 17.1. The SMILES string of the molecule is COc1cc(C(=O)O[C@@H]2C=CC(=O)C3(CC(=O)O[C@@H]3/C=C(\C)CCC=C(C)C)C2)cc(OC)c1OC. The summed E-state index contributed by atoms with van der Waals surface area (Å²) in [4.78, 5) is 38.4. The Labute approximate surface area is 211 Å². The molecule has 0 saturated carbocycles. The molecule has 3 atom stereocenters. The molecule has 1 aliphatic carbocycles. The largest absolute Gasteiger partial charge is 0.493 e. The summed E-state index contributed by atoms with van der Waals surface area (Å²) in [5.74, 6) is -0.270. The molecule has 1 saturated heterocycles. The van der Waals surface area contributed by atoms with Gasteiger partial charge in [-0.15, -0.1) is 0 Å². The Morgan fingerprint density at radius 3 is 2.33 bits per heavy atom.